The third kappa shape index (κ3) is 3.35. The molecule has 1 saturated heterocycles. The van der Waals surface area contributed by atoms with Gasteiger partial charge in [-0.15, -0.1) is 0 Å². The Kier molecular flexibility index (Phi) is 4.12. The van der Waals surface area contributed by atoms with Crippen molar-refractivity contribution in [1.82, 2.24) is 24.9 Å². The average molecular weight is 332 g/mol. The second kappa shape index (κ2) is 6.72. The van der Waals surface area contributed by atoms with Crippen molar-refractivity contribution < 1.29 is 4.79 Å². The first-order valence-corrected chi connectivity index (χ1v) is 8.12. The van der Waals surface area contributed by atoms with Crippen LogP contribution in [-0.2, 0) is 4.79 Å². The molecule has 0 bridgehead atoms. The van der Waals surface area contributed by atoms with Gasteiger partial charge in [0.2, 0.25) is 0 Å². The van der Waals surface area contributed by atoms with E-state index in [0.29, 0.717) is 43.2 Å². The fourth-order valence-corrected chi connectivity index (χ4v) is 2.77. The standard InChI is InChI=1S/C18H16N6O/c25-14-3-8-24(9-4-14)17-10-15(13-2-1-5-19-11-13)22-18(23-17)16-12-20-6-7-21-16/h1-2,5-7,10-12H,3-4,8-9H2. The Hall–Kier alpha value is -3.22. The third-order valence-corrected chi connectivity index (χ3v) is 4.11. The van der Waals surface area contributed by atoms with E-state index >= 15 is 0 Å². The monoisotopic (exact) mass is 332 g/mol. The Balaban J connectivity index is 1.79. The Labute approximate surface area is 144 Å². The molecular formula is C18H16N6O. The van der Waals surface area contributed by atoms with Crippen LogP contribution < -0.4 is 4.90 Å². The molecule has 0 aromatic carbocycles. The van der Waals surface area contributed by atoms with E-state index < -0.39 is 0 Å². The normalized spacial score (nSPS) is 14.6. The number of carbonyl (C=O) groups is 1. The van der Waals surface area contributed by atoms with Crippen LogP contribution in [0.4, 0.5) is 5.82 Å². The van der Waals surface area contributed by atoms with E-state index in [1.54, 1.807) is 31.0 Å². The van der Waals surface area contributed by atoms with Gasteiger partial charge in [0, 0.05) is 62.3 Å². The maximum atomic E-state index is 11.5. The van der Waals surface area contributed by atoms with Gasteiger partial charge < -0.3 is 4.90 Å². The number of carbonyl (C=O) groups excluding carboxylic acids is 1. The molecular weight excluding hydrogens is 316 g/mol. The molecule has 1 fully saturated rings. The van der Waals surface area contributed by atoms with Gasteiger partial charge in [-0.1, -0.05) is 0 Å². The molecule has 7 nitrogen and oxygen atoms in total. The van der Waals surface area contributed by atoms with Gasteiger partial charge >= 0.3 is 0 Å². The Morgan fingerprint density at radius 2 is 1.76 bits per heavy atom. The summed E-state index contributed by atoms with van der Waals surface area (Å²) in [6, 6.07) is 5.77. The number of rotatable bonds is 3. The molecule has 0 amide bonds. The zero-order valence-electron chi connectivity index (χ0n) is 13.5. The van der Waals surface area contributed by atoms with Crippen LogP contribution >= 0.6 is 0 Å². The molecule has 0 atom stereocenters. The van der Waals surface area contributed by atoms with E-state index in [0.717, 1.165) is 17.1 Å². The first-order valence-electron chi connectivity index (χ1n) is 8.12. The van der Waals surface area contributed by atoms with Crippen LogP contribution in [0, 0.1) is 0 Å². The fourth-order valence-electron chi connectivity index (χ4n) is 2.77. The van der Waals surface area contributed by atoms with Crippen molar-refractivity contribution in [2.45, 2.75) is 12.8 Å². The minimum absolute atomic E-state index is 0.298. The molecule has 0 radical (unpaired) electrons. The summed E-state index contributed by atoms with van der Waals surface area (Å²) >= 11 is 0. The van der Waals surface area contributed by atoms with Crippen molar-refractivity contribution in [3.05, 3.63) is 49.2 Å². The zero-order valence-corrected chi connectivity index (χ0v) is 13.5. The number of Topliss-reactive ketones (excluding diaryl/α,β-unsaturated/α-hetero) is 1. The minimum atomic E-state index is 0.298. The molecule has 1 aliphatic rings. The van der Waals surface area contributed by atoms with Crippen LogP contribution in [0.2, 0.25) is 0 Å². The van der Waals surface area contributed by atoms with Gasteiger partial charge in [-0.05, 0) is 12.1 Å². The van der Waals surface area contributed by atoms with Crippen molar-refractivity contribution in [3.63, 3.8) is 0 Å². The molecule has 3 aromatic rings. The maximum absolute atomic E-state index is 11.5. The van der Waals surface area contributed by atoms with Crippen molar-refractivity contribution in [2.24, 2.45) is 0 Å². The van der Waals surface area contributed by atoms with E-state index in [9.17, 15) is 4.79 Å². The molecule has 4 heterocycles. The number of nitrogens with zero attached hydrogens (tertiary/aromatic N) is 6. The molecule has 3 aromatic heterocycles. The summed E-state index contributed by atoms with van der Waals surface area (Å²) in [5, 5.41) is 0. The summed E-state index contributed by atoms with van der Waals surface area (Å²) in [4.78, 5) is 35.5. The summed E-state index contributed by atoms with van der Waals surface area (Å²) < 4.78 is 0. The predicted octanol–water partition coefficient (Wildman–Crippen LogP) is 2.16. The smallest absolute Gasteiger partial charge is 0.182 e. The molecule has 7 heteroatoms. The molecule has 0 aliphatic carbocycles. The molecule has 0 N–H and O–H groups in total. The highest BCUT2D eigenvalue weighted by Gasteiger charge is 2.20. The highest BCUT2D eigenvalue weighted by molar-refractivity contribution is 5.81. The molecule has 124 valence electrons. The van der Waals surface area contributed by atoms with Gasteiger partial charge in [-0.25, -0.2) is 15.0 Å². The zero-order chi connectivity index (χ0) is 17.1. The highest BCUT2D eigenvalue weighted by atomic mass is 16.1. The number of anilines is 1. The van der Waals surface area contributed by atoms with Crippen LogP contribution in [0.1, 0.15) is 12.8 Å². The van der Waals surface area contributed by atoms with Crippen molar-refractivity contribution >= 4 is 11.6 Å². The number of piperidine rings is 1. The maximum Gasteiger partial charge on any atom is 0.182 e. The molecule has 1 aliphatic heterocycles. The van der Waals surface area contributed by atoms with E-state index in [2.05, 4.69) is 29.8 Å². The number of hydrogen-bond donors (Lipinski definition) is 0. The summed E-state index contributed by atoms with van der Waals surface area (Å²) in [6.45, 7) is 1.34. The SMILES string of the molecule is O=C1CCN(c2cc(-c3cccnc3)nc(-c3cnccn3)n2)CC1. The molecule has 25 heavy (non-hydrogen) atoms. The Bertz CT molecular complexity index is 817. The summed E-state index contributed by atoms with van der Waals surface area (Å²) in [6.07, 6.45) is 9.48. The van der Waals surface area contributed by atoms with Crippen molar-refractivity contribution in [2.75, 3.05) is 18.0 Å². The molecule has 0 spiro atoms. The largest absolute Gasteiger partial charge is 0.356 e. The van der Waals surface area contributed by atoms with E-state index in [1.807, 2.05) is 18.2 Å². The lowest BCUT2D eigenvalue weighted by Crippen LogP contribution is -2.34. The van der Waals surface area contributed by atoms with Crippen LogP contribution in [0.25, 0.3) is 22.8 Å². The lowest BCUT2D eigenvalue weighted by atomic mass is 10.1. The van der Waals surface area contributed by atoms with Gasteiger partial charge in [-0.2, -0.15) is 0 Å². The predicted molar refractivity (Wildman–Crippen MR) is 92.7 cm³/mol. The summed E-state index contributed by atoms with van der Waals surface area (Å²) in [5.41, 5.74) is 2.29. The van der Waals surface area contributed by atoms with Crippen LogP contribution in [0.15, 0.2) is 49.2 Å². The quantitative estimate of drug-likeness (QED) is 0.726. The van der Waals surface area contributed by atoms with Crippen LogP contribution in [0.3, 0.4) is 0 Å². The number of ketones is 1. The van der Waals surface area contributed by atoms with E-state index in [-0.39, 0.29) is 0 Å². The number of pyridine rings is 1. The second-order valence-corrected chi connectivity index (χ2v) is 5.79. The van der Waals surface area contributed by atoms with Crippen molar-refractivity contribution in [3.8, 4) is 22.8 Å². The van der Waals surface area contributed by atoms with Crippen LogP contribution in [0.5, 0.6) is 0 Å². The Morgan fingerprint density at radius 3 is 2.48 bits per heavy atom. The summed E-state index contributed by atoms with van der Waals surface area (Å²) in [5.74, 6) is 1.61. The second-order valence-electron chi connectivity index (χ2n) is 5.79. The lowest BCUT2D eigenvalue weighted by molar-refractivity contribution is -0.119. The average Bonchev–Trinajstić information content (AvgIpc) is 2.69. The number of aromatic nitrogens is 5. The molecule has 0 unspecified atom stereocenters. The van der Waals surface area contributed by atoms with Gasteiger partial charge in [0.25, 0.3) is 0 Å². The van der Waals surface area contributed by atoms with Gasteiger partial charge in [0.1, 0.15) is 17.3 Å². The van der Waals surface area contributed by atoms with Crippen molar-refractivity contribution in [1.29, 1.82) is 0 Å². The first-order chi connectivity index (χ1) is 12.3. The fraction of sp³-hybridized carbons (Fsp3) is 0.222. The molecule has 0 saturated carbocycles. The molecule has 4 rings (SSSR count). The van der Waals surface area contributed by atoms with E-state index in [1.165, 1.54) is 0 Å². The van der Waals surface area contributed by atoms with Gasteiger partial charge in [0.05, 0.1) is 11.9 Å². The minimum Gasteiger partial charge on any atom is -0.356 e. The lowest BCUT2D eigenvalue weighted by Gasteiger charge is -2.27. The van der Waals surface area contributed by atoms with Crippen LogP contribution in [-0.4, -0.2) is 43.8 Å². The highest BCUT2D eigenvalue weighted by Crippen LogP contribution is 2.26. The Morgan fingerprint density at radius 1 is 0.920 bits per heavy atom. The van der Waals surface area contributed by atoms with E-state index in [4.69, 9.17) is 0 Å². The van der Waals surface area contributed by atoms with Gasteiger partial charge in [-0.3, -0.25) is 14.8 Å². The third-order valence-electron chi connectivity index (χ3n) is 4.11. The van der Waals surface area contributed by atoms with Gasteiger partial charge in [0.15, 0.2) is 5.82 Å². The topological polar surface area (TPSA) is 84.8 Å². The summed E-state index contributed by atoms with van der Waals surface area (Å²) in [7, 11) is 0. The number of hydrogen-bond acceptors (Lipinski definition) is 7. The first kappa shape index (κ1) is 15.3.